The van der Waals surface area contributed by atoms with Gasteiger partial charge in [0.05, 0.1) is 25.2 Å². The number of rotatable bonds is 2. The van der Waals surface area contributed by atoms with Crippen molar-refractivity contribution in [3.8, 4) is 5.75 Å². The Morgan fingerprint density at radius 2 is 2.12 bits per heavy atom. The monoisotopic (exact) mass is 220 g/mol. The fraction of sp³-hybridized carbons (Fsp3) is 0.417. The van der Waals surface area contributed by atoms with Crippen molar-refractivity contribution >= 4 is 12.0 Å². The van der Waals surface area contributed by atoms with E-state index in [2.05, 4.69) is 9.89 Å². The van der Waals surface area contributed by atoms with Gasteiger partial charge in [0.25, 0.3) is 0 Å². The second kappa shape index (κ2) is 4.99. The lowest BCUT2D eigenvalue weighted by Gasteiger charge is -2.24. The first-order chi connectivity index (χ1) is 7.75. The quantitative estimate of drug-likeness (QED) is 0.609. The average Bonchev–Trinajstić information content (AvgIpc) is 2.29. The summed E-state index contributed by atoms with van der Waals surface area (Å²) in [7, 11) is 0. The maximum Gasteiger partial charge on any atom is 0.115 e. The molecule has 0 atom stereocenters. The number of aliphatic imine (C=N–C) groups is 1. The molecule has 1 N–H and O–H groups in total. The van der Waals surface area contributed by atoms with E-state index in [9.17, 15) is 5.11 Å². The molecule has 0 radical (unpaired) electrons. The van der Waals surface area contributed by atoms with Gasteiger partial charge in [-0.15, -0.1) is 0 Å². The SMILES string of the molecule is Cc1cc(O)ccc1N=CN1CCOCC1. The first kappa shape index (κ1) is 11.0. The Labute approximate surface area is 95.2 Å². The summed E-state index contributed by atoms with van der Waals surface area (Å²) in [6.45, 7) is 5.24. The van der Waals surface area contributed by atoms with Crippen molar-refractivity contribution in [2.75, 3.05) is 26.3 Å². The van der Waals surface area contributed by atoms with Gasteiger partial charge in [-0.3, -0.25) is 0 Å². The summed E-state index contributed by atoms with van der Waals surface area (Å²) in [6, 6.07) is 5.19. The van der Waals surface area contributed by atoms with Crippen LogP contribution in [0.2, 0.25) is 0 Å². The minimum absolute atomic E-state index is 0.280. The molecule has 0 unspecified atom stereocenters. The number of morpholine rings is 1. The zero-order valence-electron chi connectivity index (χ0n) is 9.39. The van der Waals surface area contributed by atoms with Crippen molar-refractivity contribution < 1.29 is 9.84 Å². The molecule has 1 heterocycles. The molecule has 1 saturated heterocycles. The number of phenols is 1. The van der Waals surface area contributed by atoms with Crippen LogP contribution in [-0.4, -0.2) is 42.6 Å². The Hall–Kier alpha value is -1.55. The summed E-state index contributed by atoms with van der Waals surface area (Å²) in [5.74, 6) is 0.280. The van der Waals surface area contributed by atoms with Crippen molar-refractivity contribution in [1.29, 1.82) is 0 Å². The summed E-state index contributed by atoms with van der Waals surface area (Å²) in [6.07, 6.45) is 1.85. The maximum absolute atomic E-state index is 9.28. The zero-order chi connectivity index (χ0) is 11.4. The van der Waals surface area contributed by atoms with E-state index < -0.39 is 0 Å². The Kier molecular flexibility index (Phi) is 3.41. The van der Waals surface area contributed by atoms with Crippen molar-refractivity contribution in [1.82, 2.24) is 4.90 Å². The van der Waals surface area contributed by atoms with Gasteiger partial charge in [-0.05, 0) is 30.7 Å². The van der Waals surface area contributed by atoms with Crippen LogP contribution >= 0.6 is 0 Å². The molecule has 0 spiro atoms. The van der Waals surface area contributed by atoms with Gasteiger partial charge in [0, 0.05) is 13.1 Å². The van der Waals surface area contributed by atoms with Crippen LogP contribution in [0, 0.1) is 6.92 Å². The zero-order valence-corrected chi connectivity index (χ0v) is 9.39. The fourth-order valence-corrected chi connectivity index (χ4v) is 1.62. The summed E-state index contributed by atoms with van der Waals surface area (Å²) in [4.78, 5) is 6.54. The van der Waals surface area contributed by atoms with Crippen LogP contribution in [0.5, 0.6) is 5.75 Å². The molecular weight excluding hydrogens is 204 g/mol. The highest BCUT2D eigenvalue weighted by Crippen LogP contribution is 2.22. The molecule has 0 aliphatic carbocycles. The Morgan fingerprint density at radius 3 is 2.81 bits per heavy atom. The highest BCUT2D eigenvalue weighted by molar-refractivity contribution is 5.63. The van der Waals surface area contributed by atoms with Gasteiger partial charge >= 0.3 is 0 Å². The van der Waals surface area contributed by atoms with Gasteiger partial charge < -0.3 is 14.7 Å². The summed E-state index contributed by atoms with van der Waals surface area (Å²) >= 11 is 0. The molecule has 1 aromatic rings. The van der Waals surface area contributed by atoms with Crippen molar-refractivity contribution in [3.05, 3.63) is 23.8 Å². The second-order valence-corrected chi connectivity index (χ2v) is 3.86. The largest absolute Gasteiger partial charge is 0.508 e. The minimum Gasteiger partial charge on any atom is -0.508 e. The predicted molar refractivity (Wildman–Crippen MR) is 63.4 cm³/mol. The standard InChI is InChI=1S/C12H16N2O2/c1-10-8-11(15)2-3-12(10)13-9-14-4-6-16-7-5-14/h2-3,8-9,15H,4-7H2,1H3. The number of aryl methyl sites for hydroxylation is 1. The molecule has 1 fully saturated rings. The first-order valence-electron chi connectivity index (χ1n) is 5.41. The number of hydrogen-bond acceptors (Lipinski definition) is 3. The third-order valence-corrected chi connectivity index (χ3v) is 2.59. The summed E-state index contributed by atoms with van der Waals surface area (Å²) in [5.41, 5.74) is 1.87. The van der Waals surface area contributed by atoms with Gasteiger partial charge in [-0.2, -0.15) is 0 Å². The van der Waals surface area contributed by atoms with Gasteiger partial charge in [0.1, 0.15) is 5.75 Å². The number of phenolic OH excluding ortho intramolecular Hbond substituents is 1. The number of ether oxygens (including phenoxy) is 1. The van der Waals surface area contributed by atoms with E-state index in [1.165, 1.54) is 0 Å². The van der Waals surface area contributed by atoms with Crippen molar-refractivity contribution in [2.45, 2.75) is 6.92 Å². The van der Waals surface area contributed by atoms with Crippen LogP contribution in [0.15, 0.2) is 23.2 Å². The van der Waals surface area contributed by atoms with Crippen LogP contribution in [0.4, 0.5) is 5.69 Å². The third-order valence-electron chi connectivity index (χ3n) is 2.59. The molecule has 0 saturated carbocycles. The Morgan fingerprint density at radius 1 is 1.38 bits per heavy atom. The molecule has 4 heteroatoms. The molecule has 1 aromatic carbocycles. The van der Waals surface area contributed by atoms with E-state index >= 15 is 0 Å². The molecule has 2 rings (SSSR count). The van der Waals surface area contributed by atoms with E-state index in [1.807, 2.05) is 19.3 Å². The van der Waals surface area contributed by atoms with Crippen LogP contribution < -0.4 is 0 Å². The lowest BCUT2D eigenvalue weighted by atomic mass is 10.2. The second-order valence-electron chi connectivity index (χ2n) is 3.86. The van der Waals surface area contributed by atoms with E-state index in [4.69, 9.17) is 4.74 Å². The Balaban J connectivity index is 2.04. The number of aromatic hydroxyl groups is 1. The minimum atomic E-state index is 0.280. The van der Waals surface area contributed by atoms with Gasteiger partial charge in [0.2, 0.25) is 0 Å². The summed E-state index contributed by atoms with van der Waals surface area (Å²) < 4.78 is 5.25. The fourth-order valence-electron chi connectivity index (χ4n) is 1.62. The lowest BCUT2D eigenvalue weighted by Crippen LogP contribution is -2.34. The normalized spacial score (nSPS) is 16.9. The lowest BCUT2D eigenvalue weighted by molar-refractivity contribution is 0.0701. The van der Waals surface area contributed by atoms with Gasteiger partial charge in [-0.25, -0.2) is 4.99 Å². The van der Waals surface area contributed by atoms with E-state index in [-0.39, 0.29) is 5.75 Å². The highest BCUT2D eigenvalue weighted by atomic mass is 16.5. The van der Waals surface area contributed by atoms with Crippen LogP contribution in [-0.2, 0) is 4.74 Å². The molecule has 0 amide bonds. The van der Waals surface area contributed by atoms with Gasteiger partial charge in [-0.1, -0.05) is 0 Å². The maximum atomic E-state index is 9.28. The molecule has 86 valence electrons. The molecule has 1 aliphatic heterocycles. The Bertz CT molecular complexity index is 385. The topological polar surface area (TPSA) is 45.1 Å². The van der Waals surface area contributed by atoms with Crippen LogP contribution in [0.1, 0.15) is 5.56 Å². The van der Waals surface area contributed by atoms with E-state index in [0.717, 1.165) is 37.6 Å². The molecule has 16 heavy (non-hydrogen) atoms. The van der Waals surface area contributed by atoms with Crippen LogP contribution in [0.25, 0.3) is 0 Å². The predicted octanol–water partition coefficient (Wildman–Crippen LogP) is 1.69. The molecular formula is C12H16N2O2. The highest BCUT2D eigenvalue weighted by Gasteiger charge is 2.06. The molecule has 0 aromatic heterocycles. The molecule has 1 aliphatic rings. The van der Waals surface area contributed by atoms with Gasteiger partial charge in [0.15, 0.2) is 0 Å². The molecule has 0 bridgehead atoms. The smallest absolute Gasteiger partial charge is 0.115 e. The third kappa shape index (κ3) is 2.73. The van der Waals surface area contributed by atoms with Crippen molar-refractivity contribution in [2.24, 2.45) is 4.99 Å². The number of hydrogen-bond donors (Lipinski definition) is 1. The van der Waals surface area contributed by atoms with E-state index in [1.54, 1.807) is 12.1 Å². The number of benzene rings is 1. The average molecular weight is 220 g/mol. The van der Waals surface area contributed by atoms with E-state index in [0.29, 0.717) is 0 Å². The van der Waals surface area contributed by atoms with Crippen LogP contribution in [0.3, 0.4) is 0 Å². The number of nitrogens with zero attached hydrogens (tertiary/aromatic N) is 2. The van der Waals surface area contributed by atoms with Crippen molar-refractivity contribution in [3.63, 3.8) is 0 Å². The molecule has 4 nitrogen and oxygen atoms in total. The first-order valence-corrected chi connectivity index (χ1v) is 5.41. The summed E-state index contributed by atoms with van der Waals surface area (Å²) in [5, 5.41) is 9.28.